The largest absolute Gasteiger partial charge is 0.375 e. The Morgan fingerprint density at radius 2 is 2.12 bits per heavy atom. The summed E-state index contributed by atoms with van der Waals surface area (Å²) in [6.45, 7) is 6.02. The number of benzene rings is 1. The van der Waals surface area contributed by atoms with E-state index in [1.807, 2.05) is 6.07 Å². The van der Waals surface area contributed by atoms with Gasteiger partial charge < -0.3 is 4.74 Å². The molecule has 0 N–H and O–H groups in total. The Bertz CT molecular complexity index is 330. The van der Waals surface area contributed by atoms with Crippen molar-refractivity contribution in [2.75, 3.05) is 19.7 Å². The Morgan fingerprint density at radius 1 is 1.35 bits per heavy atom. The van der Waals surface area contributed by atoms with Gasteiger partial charge in [0.05, 0.1) is 13.2 Å². The molecule has 0 bridgehead atoms. The van der Waals surface area contributed by atoms with Crippen LogP contribution in [0, 0.1) is 0 Å². The molecule has 1 aromatic carbocycles. The molecule has 1 fully saturated rings. The number of ether oxygens (including phenoxy) is 1. The maximum Gasteiger partial charge on any atom is 0.0717 e. The molecule has 2 nitrogen and oxygen atoms in total. The van der Waals surface area contributed by atoms with E-state index in [1.54, 1.807) is 0 Å². The number of rotatable bonds is 5. The van der Waals surface area contributed by atoms with Crippen molar-refractivity contribution in [1.29, 1.82) is 0 Å². The van der Waals surface area contributed by atoms with Crippen LogP contribution in [-0.2, 0) is 11.3 Å². The maximum atomic E-state index is 5.71. The number of likely N-dealkylation sites (tertiary alicyclic amines) is 1. The van der Waals surface area contributed by atoms with E-state index in [0.29, 0.717) is 10.9 Å². The molecule has 0 aromatic heterocycles. The fourth-order valence-electron chi connectivity index (χ4n) is 2.29. The van der Waals surface area contributed by atoms with Gasteiger partial charge in [0.1, 0.15) is 0 Å². The fraction of sp³-hybridized carbons (Fsp3) is 0.571. The molecule has 0 amide bonds. The van der Waals surface area contributed by atoms with Gasteiger partial charge in [0.25, 0.3) is 0 Å². The molecule has 94 valence electrons. The van der Waals surface area contributed by atoms with Gasteiger partial charge in [-0.1, -0.05) is 46.3 Å². The van der Waals surface area contributed by atoms with Crippen LogP contribution in [0.25, 0.3) is 0 Å². The molecule has 2 rings (SSSR count). The molecule has 3 heteroatoms. The summed E-state index contributed by atoms with van der Waals surface area (Å²) in [7, 11) is 0. The molecule has 0 spiro atoms. The minimum absolute atomic E-state index is 0.659. The lowest BCUT2D eigenvalue weighted by Gasteiger charge is -2.20. The first-order chi connectivity index (χ1) is 8.25. The number of hydrogen-bond donors (Lipinski definition) is 0. The van der Waals surface area contributed by atoms with Crippen molar-refractivity contribution >= 4 is 15.9 Å². The summed E-state index contributed by atoms with van der Waals surface area (Å²) in [5.74, 6) is 0. The zero-order valence-electron chi connectivity index (χ0n) is 10.3. The molecule has 1 heterocycles. The van der Waals surface area contributed by atoms with Crippen molar-refractivity contribution < 1.29 is 4.74 Å². The van der Waals surface area contributed by atoms with Gasteiger partial charge in [0, 0.05) is 24.0 Å². The van der Waals surface area contributed by atoms with E-state index in [9.17, 15) is 0 Å². The molecule has 17 heavy (non-hydrogen) atoms. The Balaban J connectivity index is 1.64. The quantitative estimate of drug-likeness (QED) is 0.612. The Morgan fingerprint density at radius 3 is 2.76 bits per heavy atom. The second-order valence-electron chi connectivity index (χ2n) is 4.72. The standard InChI is InChI=1S/C14H20BrNO/c1-12-9-14(15)10-16(12)7-8-17-11-13-5-3-2-4-6-13/h2-6,12,14H,7-11H2,1H3. The van der Waals surface area contributed by atoms with Crippen molar-refractivity contribution in [3.63, 3.8) is 0 Å². The Hall–Kier alpha value is -0.380. The average molecular weight is 298 g/mol. The molecule has 0 aliphatic carbocycles. The maximum absolute atomic E-state index is 5.71. The van der Waals surface area contributed by atoms with Gasteiger partial charge in [-0.05, 0) is 18.9 Å². The second kappa shape index (κ2) is 6.53. The topological polar surface area (TPSA) is 12.5 Å². The predicted molar refractivity (Wildman–Crippen MR) is 74.5 cm³/mol. The van der Waals surface area contributed by atoms with E-state index in [0.717, 1.165) is 26.3 Å². The highest BCUT2D eigenvalue weighted by Crippen LogP contribution is 2.22. The van der Waals surface area contributed by atoms with Gasteiger partial charge in [0.2, 0.25) is 0 Å². The summed E-state index contributed by atoms with van der Waals surface area (Å²) in [5.41, 5.74) is 1.25. The highest BCUT2D eigenvalue weighted by atomic mass is 79.9. The molecule has 1 aliphatic heterocycles. The lowest BCUT2D eigenvalue weighted by atomic mass is 10.2. The lowest BCUT2D eigenvalue weighted by molar-refractivity contribution is 0.0909. The van der Waals surface area contributed by atoms with Gasteiger partial charge in [-0.2, -0.15) is 0 Å². The van der Waals surface area contributed by atoms with Crippen LogP contribution in [0.5, 0.6) is 0 Å². The van der Waals surface area contributed by atoms with Crippen LogP contribution >= 0.6 is 15.9 Å². The molecule has 1 aromatic rings. The van der Waals surface area contributed by atoms with Crippen LogP contribution in [0.4, 0.5) is 0 Å². The van der Waals surface area contributed by atoms with Gasteiger partial charge in [0.15, 0.2) is 0 Å². The van der Waals surface area contributed by atoms with Crippen molar-refractivity contribution in [3.8, 4) is 0 Å². The van der Waals surface area contributed by atoms with Gasteiger partial charge in [-0.3, -0.25) is 4.90 Å². The Labute approximate surface area is 112 Å². The first-order valence-corrected chi connectivity index (χ1v) is 7.17. The number of halogens is 1. The first kappa shape index (κ1) is 13.1. The number of nitrogens with zero attached hydrogens (tertiary/aromatic N) is 1. The molecule has 1 saturated heterocycles. The predicted octanol–water partition coefficient (Wildman–Crippen LogP) is 3.06. The second-order valence-corrected chi connectivity index (χ2v) is 6.01. The summed E-state index contributed by atoms with van der Waals surface area (Å²) < 4.78 is 5.71. The monoisotopic (exact) mass is 297 g/mol. The normalized spacial score (nSPS) is 25.3. The van der Waals surface area contributed by atoms with Gasteiger partial charge in [-0.25, -0.2) is 0 Å². The van der Waals surface area contributed by atoms with Crippen LogP contribution in [-0.4, -0.2) is 35.5 Å². The van der Waals surface area contributed by atoms with Crippen molar-refractivity contribution in [2.24, 2.45) is 0 Å². The van der Waals surface area contributed by atoms with E-state index in [1.165, 1.54) is 12.0 Å². The summed E-state index contributed by atoms with van der Waals surface area (Å²) >= 11 is 3.68. The molecule has 2 atom stereocenters. The molecule has 2 unspecified atom stereocenters. The van der Waals surface area contributed by atoms with Crippen molar-refractivity contribution in [1.82, 2.24) is 4.90 Å². The van der Waals surface area contributed by atoms with Crippen LogP contribution < -0.4 is 0 Å². The average Bonchev–Trinajstić information content (AvgIpc) is 2.65. The van der Waals surface area contributed by atoms with E-state index in [4.69, 9.17) is 4.74 Å². The third-order valence-corrected chi connectivity index (χ3v) is 3.95. The fourth-order valence-corrected chi connectivity index (χ4v) is 3.20. The van der Waals surface area contributed by atoms with Gasteiger partial charge in [-0.15, -0.1) is 0 Å². The van der Waals surface area contributed by atoms with E-state index < -0.39 is 0 Å². The van der Waals surface area contributed by atoms with Crippen LogP contribution in [0.2, 0.25) is 0 Å². The van der Waals surface area contributed by atoms with E-state index in [-0.39, 0.29) is 0 Å². The lowest BCUT2D eigenvalue weighted by Crippen LogP contribution is -2.30. The molecule has 0 saturated carbocycles. The summed E-state index contributed by atoms with van der Waals surface area (Å²) in [6, 6.07) is 11.0. The zero-order chi connectivity index (χ0) is 12.1. The summed E-state index contributed by atoms with van der Waals surface area (Å²) in [6.07, 6.45) is 1.25. The van der Waals surface area contributed by atoms with E-state index in [2.05, 4.69) is 52.0 Å². The van der Waals surface area contributed by atoms with Gasteiger partial charge >= 0.3 is 0 Å². The Kier molecular flexibility index (Phi) is 5.01. The molecular formula is C14H20BrNO. The number of alkyl halides is 1. The smallest absolute Gasteiger partial charge is 0.0717 e. The summed E-state index contributed by atoms with van der Waals surface area (Å²) in [4.78, 5) is 3.15. The highest BCUT2D eigenvalue weighted by molar-refractivity contribution is 9.09. The molecular weight excluding hydrogens is 278 g/mol. The van der Waals surface area contributed by atoms with Crippen LogP contribution in [0.3, 0.4) is 0 Å². The SMILES string of the molecule is CC1CC(Br)CN1CCOCc1ccccc1. The third kappa shape index (κ3) is 4.09. The van der Waals surface area contributed by atoms with Crippen molar-refractivity contribution in [3.05, 3.63) is 35.9 Å². The molecule has 1 aliphatic rings. The first-order valence-electron chi connectivity index (χ1n) is 6.25. The van der Waals surface area contributed by atoms with E-state index >= 15 is 0 Å². The van der Waals surface area contributed by atoms with Crippen LogP contribution in [0.15, 0.2) is 30.3 Å². The third-order valence-electron chi connectivity index (χ3n) is 3.29. The zero-order valence-corrected chi connectivity index (χ0v) is 11.9. The van der Waals surface area contributed by atoms with Crippen LogP contribution in [0.1, 0.15) is 18.9 Å². The minimum atomic E-state index is 0.659. The van der Waals surface area contributed by atoms with Crippen molar-refractivity contribution in [2.45, 2.75) is 30.8 Å². The highest BCUT2D eigenvalue weighted by Gasteiger charge is 2.26. The molecule has 0 radical (unpaired) electrons. The minimum Gasteiger partial charge on any atom is -0.375 e. The summed E-state index contributed by atoms with van der Waals surface area (Å²) in [5, 5.41) is 0. The number of hydrogen-bond acceptors (Lipinski definition) is 2.